The fourth-order valence-electron chi connectivity index (χ4n) is 3.86. The van der Waals surface area contributed by atoms with Crippen LogP contribution in [0.4, 0.5) is 4.39 Å². The van der Waals surface area contributed by atoms with Gasteiger partial charge in [0.1, 0.15) is 30.3 Å². The zero-order valence-electron chi connectivity index (χ0n) is 17.3. The van der Waals surface area contributed by atoms with E-state index in [9.17, 15) is 19.2 Å². The fraction of sp³-hybridized carbons (Fsp3) is 0.348. The van der Waals surface area contributed by atoms with Gasteiger partial charge in [-0.3, -0.25) is 9.59 Å². The van der Waals surface area contributed by atoms with Crippen LogP contribution >= 0.6 is 0 Å². The largest absolute Gasteiger partial charge is 0.488 e. The molecule has 2 aromatic carbocycles. The number of amides is 2. The Morgan fingerprint density at radius 3 is 2.94 bits per heavy atom. The van der Waals surface area contributed by atoms with E-state index >= 15 is 0 Å². The Kier molecular flexibility index (Phi) is 6.35. The predicted octanol–water partition coefficient (Wildman–Crippen LogP) is 1.41. The Morgan fingerprint density at radius 1 is 1.31 bits per heavy atom. The molecule has 2 aliphatic heterocycles. The van der Waals surface area contributed by atoms with Crippen molar-refractivity contribution in [2.75, 3.05) is 19.7 Å². The molecule has 1 saturated heterocycles. The van der Waals surface area contributed by atoms with Crippen molar-refractivity contribution in [1.82, 2.24) is 10.6 Å². The van der Waals surface area contributed by atoms with E-state index in [1.54, 1.807) is 24.3 Å². The number of rotatable bonds is 5. The van der Waals surface area contributed by atoms with Crippen molar-refractivity contribution in [2.45, 2.75) is 31.6 Å². The number of hydrogen-bond acceptors (Lipinski definition) is 6. The first-order chi connectivity index (χ1) is 15.5. The van der Waals surface area contributed by atoms with Crippen LogP contribution in [0.1, 0.15) is 27.9 Å². The lowest BCUT2D eigenvalue weighted by molar-refractivity contribution is -0.132. The van der Waals surface area contributed by atoms with Crippen molar-refractivity contribution in [3.63, 3.8) is 0 Å². The molecule has 2 aromatic rings. The summed E-state index contributed by atoms with van der Waals surface area (Å²) in [5.41, 5.74) is 7.98. The molecule has 0 bridgehead atoms. The monoisotopic (exact) mass is 438 g/mol. The molecular weight excluding hydrogens is 415 g/mol. The summed E-state index contributed by atoms with van der Waals surface area (Å²) in [5, 5.41) is 15.3. The van der Waals surface area contributed by atoms with Gasteiger partial charge in [0.05, 0.1) is 6.07 Å². The summed E-state index contributed by atoms with van der Waals surface area (Å²) in [6, 6.07) is 8.94. The summed E-state index contributed by atoms with van der Waals surface area (Å²) < 4.78 is 26.2. The lowest BCUT2D eigenvalue weighted by atomic mass is 9.93. The van der Waals surface area contributed by atoms with E-state index < -0.39 is 29.8 Å². The van der Waals surface area contributed by atoms with Crippen molar-refractivity contribution in [3.8, 4) is 22.9 Å². The van der Waals surface area contributed by atoms with Gasteiger partial charge in [-0.25, -0.2) is 4.39 Å². The van der Waals surface area contributed by atoms with Gasteiger partial charge in [0.15, 0.2) is 0 Å². The summed E-state index contributed by atoms with van der Waals surface area (Å²) in [4.78, 5) is 23.9. The molecule has 0 aromatic heterocycles. The van der Waals surface area contributed by atoms with Crippen LogP contribution < -0.4 is 21.1 Å². The van der Waals surface area contributed by atoms with E-state index in [4.69, 9.17) is 15.2 Å². The number of nitrogens with two attached hydrogens (primary N) is 1. The average Bonchev–Trinajstić information content (AvgIpc) is 3.08. The molecule has 4 N–H and O–H groups in total. The molecule has 2 unspecified atom stereocenters. The second kappa shape index (κ2) is 9.34. The topological polar surface area (TPSA) is 126 Å². The molecule has 0 saturated carbocycles. The van der Waals surface area contributed by atoms with E-state index in [2.05, 4.69) is 10.6 Å². The Balaban J connectivity index is 1.52. The minimum Gasteiger partial charge on any atom is -0.488 e. The molecule has 2 amide bonds. The second-order valence-corrected chi connectivity index (χ2v) is 7.78. The van der Waals surface area contributed by atoms with Crippen LogP contribution in [0.25, 0.3) is 11.1 Å². The summed E-state index contributed by atoms with van der Waals surface area (Å²) in [5.74, 6) is -0.990. The minimum atomic E-state index is -0.920. The smallest absolute Gasteiger partial charge is 0.251 e. The van der Waals surface area contributed by atoms with E-state index in [1.165, 1.54) is 6.07 Å². The van der Waals surface area contributed by atoms with Gasteiger partial charge in [-0.05, 0) is 53.9 Å². The van der Waals surface area contributed by atoms with Gasteiger partial charge in [0.2, 0.25) is 5.91 Å². The van der Waals surface area contributed by atoms with E-state index in [0.717, 1.165) is 24.1 Å². The van der Waals surface area contributed by atoms with Crippen molar-refractivity contribution < 1.29 is 23.5 Å². The molecule has 9 heteroatoms. The molecule has 2 atom stereocenters. The third-order valence-electron chi connectivity index (χ3n) is 5.55. The Hall–Kier alpha value is -3.48. The molecule has 0 spiro atoms. The molecule has 32 heavy (non-hydrogen) atoms. The van der Waals surface area contributed by atoms with E-state index in [0.29, 0.717) is 30.0 Å². The maximum atomic E-state index is 14.9. The first-order valence-corrected chi connectivity index (χ1v) is 10.4. The number of nitriles is 1. The standard InChI is InChI=1S/C23H23FN4O4/c24-19-9-18-17-3-2-13(22(26)29)6-15(17)12-32-20(18)8-14(19)7-16(10-25)28-23(30)21-11-27-4-1-5-31-21/h2-3,6,8-9,16,21,27H,1,4-5,7,11-12H2,(H2,26,29)(H,28,30). The van der Waals surface area contributed by atoms with Crippen molar-refractivity contribution >= 4 is 11.8 Å². The highest BCUT2D eigenvalue weighted by molar-refractivity contribution is 5.94. The zero-order valence-corrected chi connectivity index (χ0v) is 17.3. The number of carbonyl (C=O) groups is 2. The van der Waals surface area contributed by atoms with Gasteiger partial charge in [0, 0.05) is 30.7 Å². The molecule has 2 aliphatic rings. The maximum Gasteiger partial charge on any atom is 0.251 e. The van der Waals surface area contributed by atoms with Crippen LogP contribution in [0.5, 0.6) is 5.75 Å². The number of ether oxygens (including phenoxy) is 2. The number of nitrogens with zero attached hydrogens (tertiary/aromatic N) is 1. The molecule has 0 radical (unpaired) electrons. The third kappa shape index (κ3) is 4.56. The molecular formula is C23H23FN4O4. The normalized spacial score (nSPS) is 18.2. The van der Waals surface area contributed by atoms with Gasteiger partial charge in [-0.1, -0.05) is 6.07 Å². The number of hydrogen-bond donors (Lipinski definition) is 3. The lowest BCUT2D eigenvalue weighted by Gasteiger charge is -2.23. The highest BCUT2D eigenvalue weighted by Gasteiger charge is 2.26. The van der Waals surface area contributed by atoms with Gasteiger partial charge in [0.25, 0.3) is 5.91 Å². The first-order valence-electron chi connectivity index (χ1n) is 10.4. The average molecular weight is 438 g/mol. The predicted molar refractivity (Wildman–Crippen MR) is 113 cm³/mol. The van der Waals surface area contributed by atoms with Crippen LogP contribution in [0.3, 0.4) is 0 Å². The Labute approximate surface area is 184 Å². The van der Waals surface area contributed by atoms with Crippen molar-refractivity contribution in [1.29, 1.82) is 5.26 Å². The molecule has 4 rings (SSSR count). The zero-order chi connectivity index (χ0) is 22.7. The molecule has 1 fully saturated rings. The summed E-state index contributed by atoms with van der Waals surface area (Å²) in [7, 11) is 0. The van der Waals surface area contributed by atoms with Crippen LogP contribution in [-0.4, -0.2) is 43.7 Å². The Bertz CT molecular complexity index is 1090. The SMILES string of the molecule is N#CC(Cc1cc2c(cc1F)-c1ccc(C(N)=O)cc1CO2)NC(=O)C1CNCCCO1. The molecule has 2 heterocycles. The molecule has 166 valence electrons. The van der Waals surface area contributed by atoms with Gasteiger partial charge in [-0.2, -0.15) is 5.26 Å². The summed E-state index contributed by atoms with van der Waals surface area (Å²) in [6.07, 6.45) is 0.101. The maximum absolute atomic E-state index is 14.9. The van der Waals surface area contributed by atoms with E-state index in [-0.39, 0.29) is 18.6 Å². The van der Waals surface area contributed by atoms with Crippen molar-refractivity contribution in [3.05, 3.63) is 52.8 Å². The van der Waals surface area contributed by atoms with Crippen LogP contribution in [0.2, 0.25) is 0 Å². The van der Waals surface area contributed by atoms with Crippen LogP contribution in [0, 0.1) is 17.1 Å². The van der Waals surface area contributed by atoms with Crippen molar-refractivity contribution in [2.24, 2.45) is 5.73 Å². The number of nitrogens with one attached hydrogen (secondary N) is 2. The van der Waals surface area contributed by atoms with Gasteiger partial charge >= 0.3 is 0 Å². The molecule has 0 aliphatic carbocycles. The number of carbonyl (C=O) groups excluding carboxylic acids is 2. The highest BCUT2D eigenvalue weighted by atomic mass is 19.1. The quantitative estimate of drug-likeness (QED) is 0.648. The second-order valence-electron chi connectivity index (χ2n) is 7.78. The van der Waals surface area contributed by atoms with Crippen LogP contribution in [0.15, 0.2) is 30.3 Å². The minimum absolute atomic E-state index is 0.0155. The summed E-state index contributed by atoms with van der Waals surface area (Å²) >= 11 is 0. The number of primary amides is 1. The number of fused-ring (bicyclic) bond motifs is 3. The molecule has 8 nitrogen and oxygen atoms in total. The Morgan fingerprint density at radius 2 is 2.16 bits per heavy atom. The van der Waals surface area contributed by atoms with E-state index in [1.807, 2.05) is 6.07 Å². The summed E-state index contributed by atoms with van der Waals surface area (Å²) in [6.45, 7) is 1.79. The fourth-order valence-corrected chi connectivity index (χ4v) is 3.86. The first kappa shape index (κ1) is 21.7. The van der Waals surface area contributed by atoms with Gasteiger partial charge in [-0.15, -0.1) is 0 Å². The number of benzene rings is 2. The lowest BCUT2D eigenvalue weighted by Crippen LogP contribution is -2.46. The highest BCUT2D eigenvalue weighted by Crippen LogP contribution is 2.39. The van der Waals surface area contributed by atoms with Gasteiger partial charge < -0.3 is 25.8 Å². The third-order valence-corrected chi connectivity index (χ3v) is 5.55. The van der Waals surface area contributed by atoms with Crippen LogP contribution in [-0.2, 0) is 22.6 Å². The number of halogens is 1.